The second-order valence-corrected chi connectivity index (χ2v) is 5.57. The third-order valence-electron chi connectivity index (χ3n) is 2.74. The first kappa shape index (κ1) is 16.5. The van der Waals surface area contributed by atoms with Crippen LogP contribution in [0.5, 0.6) is 0 Å². The first-order valence-electron chi connectivity index (χ1n) is 6.31. The molecule has 0 atom stereocenters. The molecule has 22 heavy (non-hydrogen) atoms. The van der Waals surface area contributed by atoms with Crippen LogP contribution >= 0.6 is 35.4 Å². The van der Waals surface area contributed by atoms with Crippen LogP contribution in [-0.2, 0) is 6.54 Å². The van der Waals surface area contributed by atoms with Gasteiger partial charge in [-0.1, -0.05) is 23.2 Å². The number of anilines is 2. The molecule has 1 aromatic carbocycles. The van der Waals surface area contributed by atoms with E-state index in [1.165, 1.54) is 0 Å². The molecule has 2 aromatic rings. The molecule has 0 saturated heterocycles. The molecule has 9 heteroatoms. The first-order valence-corrected chi connectivity index (χ1v) is 7.47. The summed E-state index contributed by atoms with van der Waals surface area (Å²) in [7, 11) is 0. The van der Waals surface area contributed by atoms with Crippen molar-refractivity contribution in [1.29, 1.82) is 0 Å². The third kappa shape index (κ3) is 3.88. The Bertz CT molecular complexity index is 731. The molecule has 116 valence electrons. The Morgan fingerprint density at radius 2 is 2.05 bits per heavy atom. The zero-order valence-corrected chi connectivity index (χ0v) is 13.9. The molecular formula is C13H13Cl2N5OS. The monoisotopic (exact) mass is 357 g/mol. The van der Waals surface area contributed by atoms with E-state index in [0.29, 0.717) is 28.0 Å². The molecule has 1 amide bonds. The lowest BCUT2D eigenvalue weighted by Crippen LogP contribution is -2.22. The maximum Gasteiger partial charge on any atom is 0.271 e. The minimum absolute atomic E-state index is 0.114. The Morgan fingerprint density at radius 3 is 2.68 bits per heavy atom. The Morgan fingerprint density at radius 1 is 1.36 bits per heavy atom. The number of hydrogen-bond donors (Lipinski definition) is 3. The minimum Gasteiger partial charge on any atom is -0.364 e. The molecule has 1 aromatic heterocycles. The number of aromatic nitrogens is 2. The zero-order chi connectivity index (χ0) is 16.3. The molecule has 2 rings (SSSR count). The van der Waals surface area contributed by atoms with Gasteiger partial charge in [-0.05, 0) is 37.3 Å². The number of primary amides is 1. The summed E-state index contributed by atoms with van der Waals surface area (Å²) in [4.78, 5) is 11.4. The molecule has 0 aliphatic heterocycles. The standard InChI is InChI=1S/C13H13Cl2N5OS/c1-2-20-6-10(11(19-20)12(16)21)18-13(22)17-9-5-7(14)3-4-8(9)15/h3-6H,2H2,1H3,(H2,16,21)(H2,17,18,22). The SMILES string of the molecule is CCn1cc(NC(=S)Nc2cc(Cl)ccc2Cl)c(C(N)=O)n1. The van der Waals surface area contributed by atoms with Gasteiger partial charge in [0.1, 0.15) is 0 Å². The first-order chi connectivity index (χ1) is 10.4. The summed E-state index contributed by atoms with van der Waals surface area (Å²) in [6, 6.07) is 4.96. The summed E-state index contributed by atoms with van der Waals surface area (Å²) in [5.74, 6) is -0.640. The highest BCUT2D eigenvalue weighted by Gasteiger charge is 2.15. The van der Waals surface area contributed by atoms with Crippen LogP contribution in [0.1, 0.15) is 17.4 Å². The van der Waals surface area contributed by atoms with Crippen molar-refractivity contribution < 1.29 is 4.79 Å². The van der Waals surface area contributed by atoms with Crippen molar-refractivity contribution in [3.05, 3.63) is 40.1 Å². The molecule has 0 aliphatic rings. The van der Waals surface area contributed by atoms with Crippen molar-refractivity contribution in [2.75, 3.05) is 10.6 Å². The Labute approximate surface area is 142 Å². The van der Waals surface area contributed by atoms with Crippen molar-refractivity contribution in [2.24, 2.45) is 5.73 Å². The number of amides is 1. The van der Waals surface area contributed by atoms with E-state index < -0.39 is 5.91 Å². The number of benzene rings is 1. The molecule has 0 saturated carbocycles. The number of nitrogens with two attached hydrogens (primary N) is 1. The highest BCUT2D eigenvalue weighted by Crippen LogP contribution is 2.25. The van der Waals surface area contributed by atoms with E-state index in [1.54, 1.807) is 29.1 Å². The Balaban J connectivity index is 2.17. The molecule has 0 spiro atoms. The van der Waals surface area contributed by atoms with Crippen molar-refractivity contribution in [1.82, 2.24) is 9.78 Å². The van der Waals surface area contributed by atoms with Gasteiger partial charge in [0.2, 0.25) is 0 Å². The number of thiocarbonyl (C=S) groups is 1. The molecule has 0 fully saturated rings. The van der Waals surface area contributed by atoms with Gasteiger partial charge in [-0.15, -0.1) is 0 Å². The van der Waals surface area contributed by atoms with Crippen molar-refractivity contribution in [3.63, 3.8) is 0 Å². The number of hydrogen-bond acceptors (Lipinski definition) is 3. The van der Waals surface area contributed by atoms with E-state index in [-0.39, 0.29) is 10.8 Å². The van der Waals surface area contributed by atoms with Gasteiger partial charge in [0.05, 0.1) is 16.4 Å². The van der Waals surface area contributed by atoms with Gasteiger partial charge >= 0.3 is 0 Å². The lowest BCUT2D eigenvalue weighted by molar-refractivity contribution is 0.0995. The van der Waals surface area contributed by atoms with Crippen LogP contribution < -0.4 is 16.4 Å². The number of rotatable bonds is 4. The number of carbonyl (C=O) groups is 1. The quantitative estimate of drug-likeness (QED) is 0.732. The van der Waals surface area contributed by atoms with Crippen molar-refractivity contribution in [2.45, 2.75) is 13.5 Å². The van der Waals surface area contributed by atoms with E-state index >= 15 is 0 Å². The maximum absolute atomic E-state index is 11.4. The lowest BCUT2D eigenvalue weighted by Gasteiger charge is -2.11. The molecule has 0 aliphatic carbocycles. The molecule has 0 unspecified atom stereocenters. The molecule has 6 nitrogen and oxygen atoms in total. The highest BCUT2D eigenvalue weighted by molar-refractivity contribution is 7.80. The summed E-state index contributed by atoms with van der Waals surface area (Å²) in [5, 5.41) is 11.1. The largest absolute Gasteiger partial charge is 0.364 e. The third-order valence-corrected chi connectivity index (χ3v) is 3.51. The molecule has 4 N–H and O–H groups in total. The van der Waals surface area contributed by atoms with Gasteiger partial charge in [-0.3, -0.25) is 9.48 Å². The maximum atomic E-state index is 11.4. The molecular weight excluding hydrogens is 345 g/mol. The van der Waals surface area contributed by atoms with Crippen LogP contribution in [0.25, 0.3) is 0 Å². The van der Waals surface area contributed by atoms with Crippen LogP contribution in [0.3, 0.4) is 0 Å². The zero-order valence-electron chi connectivity index (χ0n) is 11.6. The number of aryl methyl sites for hydroxylation is 1. The average molecular weight is 358 g/mol. The van der Waals surface area contributed by atoms with Gasteiger partial charge in [0.25, 0.3) is 5.91 Å². The summed E-state index contributed by atoms with van der Waals surface area (Å²) in [6.07, 6.45) is 1.65. The van der Waals surface area contributed by atoms with Crippen LogP contribution in [0, 0.1) is 0 Å². The van der Waals surface area contributed by atoms with E-state index in [2.05, 4.69) is 15.7 Å². The van der Waals surface area contributed by atoms with Gasteiger partial charge in [0.15, 0.2) is 10.8 Å². The van der Waals surface area contributed by atoms with Crippen molar-refractivity contribution in [3.8, 4) is 0 Å². The molecule has 0 bridgehead atoms. The summed E-state index contributed by atoms with van der Waals surface area (Å²) < 4.78 is 1.58. The number of nitrogens with zero attached hydrogens (tertiary/aromatic N) is 2. The molecule has 1 heterocycles. The van der Waals surface area contributed by atoms with E-state index in [9.17, 15) is 4.79 Å². The second-order valence-electron chi connectivity index (χ2n) is 4.31. The number of nitrogens with one attached hydrogen (secondary N) is 2. The van der Waals surface area contributed by atoms with Crippen LogP contribution in [0.4, 0.5) is 11.4 Å². The predicted octanol–water partition coefficient (Wildman–Crippen LogP) is 3.12. The summed E-state index contributed by atoms with van der Waals surface area (Å²) in [6.45, 7) is 2.49. The van der Waals surface area contributed by atoms with Crippen LogP contribution in [0.15, 0.2) is 24.4 Å². The van der Waals surface area contributed by atoms with E-state index in [4.69, 9.17) is 41.2 Å². The van der Waals surface area contributed by atoms with Crippen LogP contribution in [0.2, 0.25) is 10.0 Å². The smallest absolute Gasteiger partial charge is 0.271 e. The Hall–Kier alpha value is -1.83. The fraction of sp³-hybridized carbons (Fsp3) is 0.154. The second kappa shape index (κ2) is 6.95. The van der Waals surface area contributed by atoms with Gasteiger partial charge in [-0.25, -0.2) is 0 Å². The van der Waals surface area contributed by atoms with Gasteiger partial charge in [0, 0.05) is 17.8 Å². The van der Waals surface area contributed by atoms with E-state index in [0.717, 1.165) is 0 Å². The fourth-order valence-electron chi connectivity index (χ4n) is 1.73. The minimum atomic E-state index is -0.640. The van der Waals surface area contributed by atoms with Crippen LogP contribution in [-0.4, -0.2) is 20.8 Å². The lowest BCUT2D eigenvalue weighted by atomic mass is 10.3. The van der Waals surface area contributed by atoms with Crippen molar-refractivity contribution >= 4 is 57.8 Å². The number of carbonyl (C=O) groups excluding carboxylic acids is 1. The predicted molar refractivity (Wildman–Crippen MR) is 92.7 cm³/mol. The highest BCUT2D eigenvalue weighted by atomic mass is 35.5. The topological polar surface area (TPSA) is 85.0 Å². The molecule has 0 radical (unpaired) electrons. The van der Waals surface area contributed by atoms with Gasteiger partial charge < -0.3 is 16.4 Å². The summed E-state index contributed by atoms with van der Waals surface area (Å²) in [5.41, 5.74) is 6.38. The van der Waals surface area contributed by atoms with Gasteiger partial charge in [-0.2, -0.15) is 5.10 Å². The number of halogens is 2. The normalized spacial score (nSPS) is 10.3. The van der Waals surface area contributed by atoms with E-state index in [1.807, 2.05) is 6.92 Å². The average Bonchev–Trinajstić information content (AvgIpc) is 2.86. The fourth-order valence-corrected chi connectivity index (χ4v) is 2.28. The summed E-state index contributed by atoms with van der Waals surface area (Å²) >= 11 is 17.2. The Kier molecular flexibility index (Phi) is 5.23.